The largest absolute Gasteiger partial charge is 0.456 e. The zero-order valence-electron chi connectivity index (χ0n) is 12.9. The van der Waals surface area contributed by atoms with Gasteiger partial charge in [-0.3, -0.25) is 0 Å². The third kappa shape index (κ3) is 3.86. The number of hydrogen-bond donors (Lipinski definition) is 1. The van der Waals surface area contributed by atoms with Gasteiger partial charge in [0.1, 0.15) is 11.5 Å². The molecule has 0 aliphatic heterocycles. The molecule has 0 fully saturated rings. The molecule has 0 heterocycles. The van der Waals surface area contributed by atoms with Gasteiger partial charge in [-0.05, 0) is 57.6 Å². The molecule has 3 heteroatoms. The zero-order valence-corrected chi connectivity index (χ0v) is 14.5. The first-order valence-electron chi connectivity index (χ1n) is 6.99. The second-order valence-electron chi connectivity index (χ2n) is 6.27. The number of aliphatic hydroxyl groups is 1. The van der Waals surface area contributed by atoms with Crippen LogP contribution in [0.5, 0.6) is 11.5 Å². The van der Waals surface area contributed by atoms with Crippen molar-refractivity contribution in [3.05, 3.63) is 57.6 Å². The van der Waals surface area contributed by atoms with Gasteiger partial charge in [0.25, 0.3) is 0 Å². The van der Waals surface area contributed by atoms with E-state index >= 15 is 0 Å². The summed E-state index contributed by atoms with van der Waals surface area (Å²) in [5, 5.41) is 9.17. The molecule has 0 bridgehead atoms. The molecule has 0 radical (unpaired) electrons. The van der Waals surface area contributed by atoms with E-state index in [1.165, 1.54) is 11.1 Å². The van der Waals surface area contributed by atoms with Gasteiger partial charge in [0.2, 0.25) is 0 Å². The predicted octanol–water partition coefficient (Wildman–Crippen LogP) is 5.34. The molecule has 0 aliphatic rings. The molecule has 21 heavy (non-hydrogen) atoms. The van der Waals surface area contributed by atoms with E-state index in [4.69, 9.17) is 9.84 Å². The lowest BCUT2D eigenvalue weighted by Crippen LogP contribution is -2.12. The van der Waals surface area contributed by atoms with Crippen LogP contribution in [-0.2, 0) is 12.0 Å². The molecule has 0 aliphatic carbocycles. The van der Waals surface area contributed by atoms with Crippen molar-refractivity contribution < 1.29 is 9.84 Å². The van der Waals surface area contributed by atoms with Crippen molar-refractivity contribution in [3.63, 3.8) is 0 Å². The maximum atomic E-state index is 9.17. The molecule has 112 valence electrons. The Bertz CT molecular complexity index is 642. The minimum Gasteiger partial charge on any atom is -0.456 e. The first-order chi connectivity index (χ1) is 9.81. The summed E-state index contributed by atoms with van der Waals surface area (Å²) in [4.78, 5) is 0. The average Bonchev–Trinajstić information content (AvgIpc) is 2.39. The highest BCUT2D eigenvalue weighted by Gasteiger charge is 2.20. The lowest BCUT2D eigenvalue weighted by molar-refractivity contribution is 0.281. The van der Waals surface area contributed by atoms with Gasteiger partial charge >= 0.3 is 0 Å². The molecule has 2 nitrogen and oxygen atoms in total. The SMILES string of the molecule is Cc1ccc(C(C)(C)C)c(Oc2ccc(CO)cc2Br)c1. The van der Waals surface area contributed by atoms with Gasteiger partial charge in [0, 0.05) is 5.56 Å². The smallest absolute Gasteiger partial charge is 0.141 e. The molecule has 2 aromatic carbocycles. The second kappa shape index (κ2) is 6.20. The summed E-state index contributed by atoms with van der Waals surface area (Å²) in [6.45, 7) is 8.61. The highest BCUT2D eigenvalue weighted by Crippen LogP contribution is 2.37. The Labute approximate surface area is 134 Å². The average molecular weight is 349 g/mol. The van der Waals surface area contributed by atoms with Crippen molar-refractivity contribution in [3.8, 4) is 11.5 Å². The molecule has 2 aromatic rings. The van der Waals surface area contributed by atoms with Crippen LogP contribution in [0.3, 0.4) is 0 Å². The van der Waals surface area contributed by atoms with Crippen molar-refractivity contribution in [2.75, 3.05) is 0 Å². The van der Waals surface area contributed by atoms with Crippen molar-refractivity contribution in [1.82, 2.24) is 0 Å². The number of halogens is 1. The molecule has 0 aromatic heterocycles. The fraction of sp³-hybridized carbons (Fsp3) is 0.333. The molecule has 0 unspecified atom stereocenters. The third-order valence-corrected chi connectivity index (χ3v) is 3.96. The Hall–Kier alpha value is -1.32. The van der Waals surface area contributed by atoms with Gasteiger partial charge in [0.15, 0.2) is 0 Å². The van der Waals surface area contributed by atoms with E-state index in [2.05, 4.69) is 61.8 Å². The van der Waals surface area contributed by atoms with E-state index in [1.807, 2.05) is 18.2 Å². The predicted molar refractivity (Wildman–Crippen MR) is 90.0 cm³/mol. The second-order valence-corrected chi connectivity index (χ2v) is 7.13. The molecular formula is C18H21BrO2. The highest BCUT2D eigenvalue weighted by atomic mass is 79.9. The summed E-state index contributed by atoms with van der Waals surface area (Å²) >= 11 is 3.50. The Kier molecular flexibility index (Phi) is 4.74. The standard InChI is InChI=1S/C18H21BrO2/c1-12-5-7-14(18(2,3)4)17(9-12)21-16-8-6-13(11-20)10-15(16)19/h5-10,20H,11H2,1-4H3. The zero-order chi connectivity index (χ0) is 15.6. The molecule has 0 spiro atoms. The van der Waals surface area contributed by atoms with Gasteiger partial charge in [-0.15, -0.1) is 0 Å². The molecular weight excluding hydrogens is 328 g/mol. The summed E-state index contributed by atoms with van der Waals surface area (Å²) in [7, 11) is 0. The first kappa shape index (κ1) is 16.1. The van der Waals surface area contributed by atoms with Gasteiger partial charge < -0.3 is 9.84 Å². The lowest BCUT2D eigenvalue weighted by atomic mass is 9.86. The normalized spacial score (nSPS) is 11.5. The van der Waals surface area contributed by atoms with E-state index < -0.39 is 0 Å². The first-order valence-corrected chi connectivity index (χ1v) is 7.79. The molecule has 0 amide bonds. The Morgan fingerprint density at radius 3 is 2.33 bits per heavy atom. The van der Waals surface area contributed by atoms with E-state index in [9.17, 15) is 0 Å². The summed E-state index contributed by atoms with van der Waals surface area (Å²) in [5.74, 6) is 1.63. The quantitative estimate of drug-likeness (QED) is 0.811. The number of benzene rings is 2. The lowest BCUT2D eigenvalue weighted by Gasteiger charge is -2.23. The van der Waals surface area contributed by atoms with Gasteiger partial charge in [-0.25, -0.2) is 0 Å². The van der Waals surface area contributed by atoms with Crippen LogP contribution in [0.15, 0.2) is 40.9 Å². The maximum absolute atomic E-state index is 9.17. The molecule has 0 saturated carbocycles. The van der Waals surface area contributed by atoms with Gasteiger partial charge in [-0.1, -0.05) is 39.0 Å². The van der Waals surface area contributed by atoms with E-state index in [-0.39, 0.29) is 12.0 Å². The fourth-order valence-electron chi connectivity index (χ4n) is 2.18. The number of aliphatic hydroxyl groups excluding tert-OH is 1. The van der Waals surface area contributed by atoms with Crippen LogP contribution in [-0.4, -0.2) is 5.11 Å². The Balaban J connectivity index is 2.41. The van der Waals surface area contributed by atoms with Crippen LogP contribution in [0.25, 0.3) is 0 Å². The van der Waals surface area contributed by atoms with E-state index in [0.717, 1.165) is 21.5 Å². The van der Waals surface area contributed by atoms with Gasteiger partial charge in [0.05, 0.1) is 11.1 Å². The van der Waals surface area contributed by atoms with E-state index in [1.54, 1.807) is 0 Å². The van der Waals surface area contributed by atoms with Crippen LogP contribution in [0, 0.1) is 6.92 Å². The Morgan fingerprint density at radius 1 is 1.05 bits per heavy atom. The van der Waals surface area contributed by atoms with Crippen LogP contribution in [0.4, 0.5) is 0 Å². The van der Waals surface area contributed by atoms with Crippen LogP contribution >= 0.6 is 15.9 Å². The van der Waals surface area contributed by atoms with Crippen molar-refractivity contribution in [2.24, 2.45) is 0 Å². The molecule has 0 atom stereocenters. The summed E-state index contributed by atoms with van der Waals surface area (Å²) in [6, 6.07) is 11.9. The summed E-state index contributed by atoms with van der Waals surface area (Å²) < 4.78 is 6.96. The number of ether oxygens (including phenoxy) is 1. The minimum atomic E-state index is 0.0144. The number of rotatable bonds is 3. The molecule has 1 N–H and O–H groups in total. The highest BCUT2D eigenvalue weighted by molar-refractivity contribution is 9.10. The van der Waals surface area contributed by atoms with Crippen LogP contribution in [0.1, 0.15) is 37.5 Å². The summed E-state index contributed by atoms with van der Waals surface area (Å²) in [5.41, 5.74) is 3.21. The van der Waals surface area contributed by atoms with Crippen molar-refractivity contribution in [2.45, 2.75) is 39.7 Å². The fourth-order valence-corrected chi connectivity index (χ4v) is 2.68. The van der Waals surface area contributed by atoms with Gasteiger partial charge in [-0.2, -0.15) is 0 Å². The van der Waals surface area contributed by atoms with Crippen molar-refractivity contribution >= 4 is 15.9 Å². The van der Waals surface area contributed by atoms with Crippen LogP contribution in [0.2, 0.25) is 0 Å². The Morgan fingerprint density at radius 2 is 1.76 bits per heavy atom. The monoisotopic (exact) mass is 348 g/mol. The topological polar surface area (TPSA) is 29.5 Å². The maximum Gasteiger partial charge on any atom is 0.141 e. The number of aryl methyl sites for hydroxylation is 1. The third-order valence-electron chi connectivity index (χ3n) is 3.34. The molecule has 0 saturated heterocycles. The summed E-state index contributed by atoms with van der Waals surface area (Å²) in [6.07, 6.45) is 0. The van der Waals surface area contributed by atoms with E-state index in [0.29, 0.717) is 0 Å². The van der Waals surface area contributed by atoms with Crippen LogP contribution < -0.4 is 4.74 Å². The molecule has 2 rings (SSSR count). The minimum absolute atomic E-state index is 0.0144. The van der Waals surface area contributed by atoms with Crippen molar-refractivity contribution in [1.29, 1.82) is 0 Å². The number of hydrogen-bond acceptors (Lipinski definition) is 2.